The summed E-state index contributed by atoms with van der Waals surface area (Å²) in [7, 11) is 0. The predicted molar refractivity (Wildman–Crippen MR) is 83.8 cm³/mol. The summed E-state index contributed by atoms with van der Waals surface area (Å²) in [6.07, 6.45) is 2.89. The Morgan fingerprint density at radius 3 is 2.86 bits per heavy atom. The quantitative estimate of drug-likeness (QED) is 0.922. The summed E-state index contributed by atoms with van der Waals surface area (Å²) in [5, 5.41) is 0. The van der Waals surface area contributed by atoms with Gasteiger partial charge in [0, 0.05) is 37.6 Å². The molecule has 2 heterocycles. The number of piperazine rings is 1. The van der Waals surface area contributed by atoms with E-state index in [1.54, 1.807) is 0 Å². The van der Waals surface area contributed by atoms with Crippen molar-refractivity contribution in [3.63, 3.8) is 0 Å². The van der Waals surface area contributed by atoms with E-state index in [9.17, 15) is 4.79 Å². The van der Waals surface area contributed by atoms with Crippen LogP contribution in [0, 0.1) is 0 Å². The molecule has 0 saturated carbocycles. The van der Waals surface area contributed by atoms with Gasteiger partial charge in [-0.3, -0.25) is 9.69 Å². The topological polar surface area (TPSA) is 49.6 Å². The van der Waals surface area contributed by atoms with E-state index in [0.717, 1.165) is 18.7 Å². The third kappa shape index (κ3) is 3.11. The smallest absolute Gasteiger partial charge is 0.224 e. The summed E-state index contributed by atoms with van der Waals surface area (Å²) in [5.41, 5.74) is 7.24. The van der Waals surface area contributed by atoms with Crippen molar-refractivity contribution in [3.8, 4) is 0 Å². The fourth-order valence-electron chi connectivity index (χ4n) is 3.66. The van der Waals surface area contributed by atoms with Gasteiger partial charge >= 0.3 is 0 Å². The van der Waals surface area contributed by atoms with Crippen molar-refractivity contribution in [1.82, 2.24) is 9.80 Å². The molecular formula is C17H25N3O. The third-order valence-corrected chi connectivity index (χ3v) is 4.88. The second kappa shape index (κ2) is 6.16. The van der Waals surface area contributed by atoms with Gasteiger partial charge in [-0.25, -0.2) is 0 Å². The summed E-state index contributed by atoms with van der Waals surface area (Å²) >= 11 is 0. The Bertz CT molecular complexity index is 490. The number of amides is 1. The van der Waals surface area contributed by atoms with E-state index >= 15 is 0 Å². The highest BCUT2D eigenvalue weighted by Gasteiger charge is 2.36. The molecule has 4 heteroatoms. The fraction of sp³-hybridized carbons (Fsp3) is 0.588. The van der Waals surface area contributed by atoms with Gasteiger partial charge in [-0.15, -0.1) is 0 Å². The van der Waals surface area contributed by atoms with Crippen molar-refractivity contribution in [3.05, 3.63) is 35.9 Å². The number of nitrogens with two attached hydrogens (primary N) is 1. The van der Waals surface area contributed by atoms with Crippen molar-refractivity contribution >= 4 is 5.91 Å². The molecule has 0 radical (unpaired) electrons. The van der Waals surface area contributed by atoms with Gasteiger partial charge < -0.3 is 10.6 Å². The van der Waals surface area contributed by atoms with E-state index in [1.165, 1.54) is 19.4 Å². The van der Waals surface area contributed by atoms with Crippen LogP contribution in [0.1, 0.15) is 37.8 Å². The van der Waals surface area contributed by atoms with Crippen LogP contribution in [0.25, 0.3) is 0 Å². The molecule has 4 nitrogen and oxygen atoms in total. The molecule has 114 valence electrons. The zero-order chi connectivity index (χ0) is 14.8. The molecule has 2 aliphatic heterocycles. The minimum Gasteiger partial charge on any atom is -0.337 e. The monoisotopic (exact) mass is 287 g/mol. The van der Waals surface area contributed by atoms with Gasteiger partial charge in [0.15, 0.2) is 0 Å². The zero-order valence-corrected chi connectivity index (χ0v) is 12.7. The van der Waals surface area contributed by atoms with Crippen molar-refractivity contribution in [2.45, 2.75) is 44.3 Å². The molecule has 0 aliphatic carbocycles. The molecule has 3 unspecified atom stereocenters. The Morgan fingerprint density at radius 2 is 2.10 bits per heavy atom. The normalized spacial score (nSPS) is 27.4. The number of hydrogen-bond donors (Lipinski definition) is 1. The molecule has 0 spiro atoms. The molecule has 2 N–H and O–H groups in total. The molecule has 1 amide bonds. The van der Waals surface area contributed by atoms with E-state index < -0.39 is 0 Å². The largest absolute Gasteiger partial charge is 0.337 e. The first-order valence-electron chi connectivity index (χ1n) is 7.99. The van der Waals surface area contributed by atoms with E-state index in [2.05, 4.69) is 16.7 Å². The summed E-state index contributed by atoms with van der Waals surface area (Å²) in [4.78, 5) is 17.2. The maximum absolute atomic E-state index is 12.6. The van der Waals surface area contributed by atoms with Gasteiger partial charge in [0.25, 0.3) is 0 Å². The molecule has 0 aromatic heterocycles. The van der Waals surface area contributed by atoms with Gasteiger partial charge in [0.05, 0.1) is 0 Å². The summed E-state index contributed by atoms with van der Waals surface area (Å²) < 4.78 is 0. The standard InChI is InChI=1S/C17H25N3O/c1-13-11-19-9-5-8-15(19)12-20(13)17(21)10-16(18)14-6-3-2-4-7-14/h2-4,6-7,13,15-16H,5,8-12,18H2,1H3. The van der Waals surface area contributed by atoms with Crippen LogP contribution >= 0.6 is 0 Å². The van der Waals surface area contributed by atoms with Gasteiger partial charge in [0.1, 0.15) is 0 Å². The Labute approximate surface area is 126 Å². The minimum atomic E-state index is -0.201. The van der Waals surface area contributed by atoms with Crippen LogP contribution in [0.2, 0.25) is 0 Å². The molecule has 3 atom stereocenters. The lowest BCUT2D eigenvalue weighted by Gasteiger charge is -2.42. The molecule has 1 aromatic rings. The van der Waals surface area contributed by atoms with E-state index in [0.29, 0.717) is 18.5 Å². The first-order valence-corrected chi connectivity index (χ1v) is 7.99. The maximum atomic E-state index is 12.6. The number of hydrogen-bond acceptors (Lipinski definition) is 3. The minimum absolute atomic E-state index is 0.199. The van der Waals surface area contributed by atoms with Crippen molar-refractivity contribution in [1.29, 1.82) is 0 Å². The first kappa shape index (κ1) is 14.5. The number of carbonyl (C=O) groups excluding carboxylic acids is 1. The Morgan fingerprint density at radius 1 is 1.33 bits per heavy atom. The number of benzene rings is 1. The SMILES string of the molecule is CC1CN2CCCC2CN1C(=O)CC(N)c1ccccc1. The average molecular weight is 287 g/mol. The molecule has 2 saturated heterocycles. The highest BCUT2D eigenvalue weighted by molar-refractivity contribution is 5.77. The van der Waals surface area contributed by atoms with Crippen LogP contribution < -0.4 is 5.73 Å². The molecular weight excluding hydrogens is 262 g/mol. The highest BCUT2D eigenvalue weighted by Crippen LogP contribution is 2.26. The maximum Gasteiger partial charge on any atom is 0.224 e. The summed E-state index contributed by atoms with van der Waals surface area (Å²) in [5.74, 6) is 0.199. The zero-order valence-electron chi connectivity index (χ0n) is 12.7. The van der Waals surface area contributed by atoms with Gasteiger partial charge in [-0.05, 0) is 31.9 Å². The van der Waals surface area contributed by atoms with Gasteiger partial charge in [0.2, 0.25) is 5.91 Å². The molecule has 0 bridgehead atoms. The lowest BCUT2D eigenvalue weighted by Crippen LogP contribution is -2.57. The van der Waals surface area contributed by atoms with Crippen molar-refractivity contribution in [2.75, 3.05) is 19.6 Å². The predicted octanol–water partition coefficient (Wildman–Crippen LogP) is 1.77. The second-order valence-electron chi connectivity index (χ2n) is 6.41. The Kier molecular flexibility index (Phi) is 4.27. The molecule has 1 aromatic carbocycles. The average Bonchev–Trinajstić information content (AvgIpc) is 2.94. The number of nitrogens with zero attached hydrogens (tertiary/aromatic N) is 2. The van der Waals surface area contributed by atoms with Gasteiger partial charge in [-0.2, -0.15) is 0 Å². The number of carbonyl (C=O) groups is 1. The van der Waals surface area contributed by atoms with E-state index in [-0.39, 0.29) is 11.9 Å². The summed E-state index contributed by atoms with van der Waals surface area (Å²) in [6.45, 7) is 5.24. The van der Waals surface area contributed by atoms with Crippen LogP contribution in [0.4, 0.5) is 0 Å². The van der Waals surface area contributed by atoms with Crippen LogP contribution in [0.3, 0.4) is 0 Å². The highest BCUT2D eigenvalue weighted by atomic mass is 16.2. The van der Waals surface area contributed by atoms with Crippen LogP contribution in [0.5, 0.6) is 0 Å². The van der Waals surface area contributed by atoms with Crippen LogP contribution in [0.15, 0.2) is 30.3 Å². The fourth-order valence-corrected chi connectivity index (χ4v) is 3.66. The van der Waals surface area contributed by atoms with E-state index in [4.69, 9.17) is 5.73 Å². The number of fused-ring (bicyclic) bond motifs is 1. The van der Waals surface area contributed by atoms with Crippen LogP contribution in [-0.4, -0.2) is 47.4 Å². The Hall–Kier alpha value is -1.39. The Balaban J connectivity index is 1.62. The van der Waals surface area contributed by atoms with Crippen LogP contribution in [-0.2, 0) is 4.79 Å². The third-order valence-electron chi connectivity index (χ3n) is 4.88. The lowest BCUT2D eigenvalue weighted by atomic mass is 10.0. The van der Waals surface area contributed by atoms with E-state index in [1.807, 2.05) is 30.3 Å². The summed E-state index contributed by atoms with van der Waals surface area (Å²) in [6, 6.07) is 10.6. The molecule has 2 fully saturated rings. The second-order valence-corrected chi connectivity index (χ2v) is 6.41. The number of rotatable bonds is 3. The molecule has 2 aliphatic rings. The lowest BCUT2D eigenvalue weighted by molar-refractivity contribution is -0.137. The molecule has 3 rings (SSSR count). The van der Waals surface area contributed by atoms with Crippen molar-refractivity contribution < 1.29 is 4.79 Å². The first-order chi connectivity index (χ1) is 10.1. The van der Waals surface area contributed by atoms with Gasteiger partial charge in [-0.1, -0.05) is 30.3 Å². The molecule has 21 heavy (non-hydrogen) atoms. The van der Waals surface area contributed by atoms with Crippen molar-refractivity contribution in [2.24, 2.45) is 5.73 Å².